The normalized spacial score (nSPS) is 27.0. The minimum atomic E-state index is -1.86. The number of rotatable bonds is 10. The van der Waals surface area contributed by atoms with Gasteiger partial charge in [-0.15, -0.1) is 0 Å². The second-order valence-electron chi connectivity index (χ2n) is 11.6. The van der Waals surface area contributed by atoms with Crippen molar-refractivity contribution in [3.63, 3.8) is 0 Å². The van der Waals surface area contributed by atoms with Gasteiger partial charge in [-0.25, -0.2) is 9.38 Å². The molecule has 0 aliphatic carbocycles. The Balaban J connectivity index is 0.00000462. The molecule has 1 aromatic rings. The molecule has 4 aliphatic heterocycles. The number of methoxy groups -OCH3 is 1. The van der Waals surface area contributed by atoms with Crippen molar-refractivity contribution in [2.75, 3.05) is 59.6 Å². The number of hydrogen-bond donors (Lipinski definition) is 1. The third-order valence-corrected chi connectivity index (χ3v) is 8.94. The van der Waals surface area contributed by atoms with Crippen molar-refractivity contribution in [2.24, 2.45) is 15.9 Å². The van der Waals surface area contributed by atoms with Crippen LogP contribution in [-0.2, 0) is 20.9 Å². The molecule has 4 fully saturated rings. The summed E-state index contributed by atoms with van der Waals surface area (Å²) in [5.41, 5.74) is 0.861. The molecule has 4 aliphatic rings. The Hall–Kier alpha value is -2.36. The van der Waals surface area contributed by atoms with Crippen molar-refractivity contribution in [1.82, 2.24) is 15.1 Å². The van der Waals surface area contributed by atoms with Crippen molar-refractivity contribution in [3.8, 4) is 0 Å². The summed E-state index contributed by atoms with van der Waals surface area (Å²) in [7, 11) is 1.66. The van der Waals surface area contributed by atoms with Gasteiger partial charge in [0.25, 0.3) is 5.91 Å². The quantitative estimate of drug-likeness (QED) is 0.260. The number of halogens is 1. The van der Waals surface area contributed by atoms with Gasteiger partial charge >= 0.3 is 0 Å². The SMILES string of the molecule is CCN=C(/N=C(\CC)c1ccc(COCCOC)cc1)N1CCC(F)(C(=O)NC2(C)CCN3CCC2CC3)CC1.[HH]. The molecular formula is C31H50FN5O3. The first-order chi connectivity index (χ1) is 19.3. The van der Waals surface area contributed by atoms with E-state index in [2.05, 4.69) is 53.3 Å². The predicted octanol–water partition coefficient (Wildman–Crippen LogP) is 4.47. The Morgan fingerprint density at radius 2 is 1.77 bits per heavy atom. The summed E-state index contributed by atoms with van der Waals surface area (Å²) < 4.78 is 26.7. The Morgan fingerprint density at radius 1 is 1.07 bits per heavy atom. The Morgan fingerprint density at radius 3 is 2.40 bits per heavy atom. The summed E-state index contributed by atoms with van der Waals surface area (Å²) in [6, 6.07) is 8.23. The summed E-state index contributed by atoms with van der Waals surface area (Å²) in [6.45, 7) is 12.4. The number of ether oxygens (including phenoxy) is 2. The van der Waals surface area contributed by atoms with Crippen LogP contribution in [-0.4, -0.2) is 98.2 Å². The Bertz CT molecular complexity index is 1040. The number of nitrogens with zero attached hydrogens (tertiary/aromatic N) is 4. The van der Waals surface area contributed by atoms with Crippen molar-refractivity contribution in [1.29, 1.82) is 0 Å². The number of benzene rings is 1. The van der Waals surface area contributed by atoms with Crippen LogP contribution in [0.5, 0.6) is 0 Å². The van der Waals surface area contributed by atoms with Gasteiger partial charge in [0.15, 0.2) is 5.67 Å². The molecule has 9 heteroatoms. The molecule has 40 heavy (non-hydrogen) atoms. The number of aliphatic imine (C=N–C) groups is 2. The van der Waals surface area contributed by atoms with E-state index in [0.29, 0.717) is 51.3 Å². The molecule has 5 rings (SSSR count). The second-order valence-corrected chi connectivity index (χ2v) is 11.6. The molecule has 224 valence electrons. The van der Waals surface area contributed by atoms with Gasteiger partial charge in [0.05, 0.1) is 25.5 Å². The van der Waals surface area contributed by atoms with E-state index >= 15 is 4.39 Å². The molecule has 0 aromatic heterocycles. The average Bonchev–Trinajstić information content (AvgIpc) is 3.22. The van der Waals surface area contributed by atoms with Gasteiger partial charge < -0.3 is 24.6 Å². The first-order valence-corrected chi connectivity index (χ1v) is 15.1. The van der Waals surface area contributed by atoms with E-state index in [1.165, 1.54) is 0 Å². The number of piperidine rings is 2. The highest BCUT2D eigenvalue weighted by Crippen LogP contribution is 2.37. The number of nitrogens with one attached hydrogen (secondary N) is 1. The fraction of sp³-hybridized carbons (Fsp3) is 0.710. The highest BCUT2D eigenvalue weighted by Gasteiger charge is 2.47. The Kier molecular flexibility index (Phi) is 10.7. The van der Waals surface area contributed by atoms with E-state index < -0.39 is 11.6 Å². The molecule has 2 bridgehead atoms. The van der Waals surface area contributed by atoms with E-state index in [1.807, 2.05) is 11.8 Å². The molecule has 0 spiro atoms. The lowest BCUT2D eigenvalue weighted by Crippen LogP contribution is -2.59. The summed E-state index contributed by atoms with van der Waals surface area (Å²) in [5.74, 6) is 0.602. The van der Waals surface area contributed by atoms with E-state index in [1.54, 1.807) is 7.11 Å². The smallest absolute Gasteiger partial charge is 0.258 e. The lowest BCUT2D eigenvalue weighted by atomic mass is 9.78. The van der Waals surface area contributed by atoms with E-state index in [-0.39, 0.29) is 19.8 Å². The molecule has 0 saturated carbocycles. The molecule has 1 unspecified atom stereocenters. The van der Waals surface area contributed by atoms with E-state index in [9.17, 15) is 4.79 Å². The third kappa shape index (κ3) is 7.47. The maximum Gasteiger partial charge on any atom is 0.258 e. The van der Waals surface area contributed by atoms with Crippen molar-refractivity contribution >= 4 is 17.6 Å². The van der Waals surface area contributed by atoms with Crippen LogP contribution < -0.4 is 5.32 Å². The minimum absolute atomic E-state index is 0. The summed E-state index contributed by atoms with van der Waals surface area (Å²) in [4.78, 5) is 27.4. The summed E-state index contributed by atoms with van der Waals surface area (Å²) in [6.07, 6.45) is 4.06. The maximum absolute atomic E-state index is 16.1. The van der Waals surface area contributed by atoms with Crippen LogP contribution in [0.25, 0.3) is 0 Å². The van der Waals surface area contributed by atoms with E-state index in [0.717, 1.165) is 62.2 Å². The van der Waals surface area contributed by atoms with Crippen molar-refractivity contribution in [3.05, 3.63) is 35.4 Å². The van der Waals surface area contributed by atoms with Gasteiger partial charge in [-0.3, -0.25) is 9.79 Å². The third-order valence-electron chi connectivity index (χ3n) is 8.94. The molecule has 1 N–H and O–H groups in total. The standard InChI is InChI=1S/C31H48FN5O3.H2/c1-5-27(25-9-7-24(8-10-25)23-40-22-21-39-4)34-29(33-6-2)37-19-14-31(32,15-20-37)28(38)35-30(3)13-18-36-16-11-26(30)12-17-36;/h7-10,26H,5-6,11-23H2,1-4H3,(H,35,38);1H/b33-29?,34-27+;. The van der Waals surface area contributed by atoms with Crippen LogP contribution in [0.15, 0.2) is 34.3 Å². The highest BCUT2D eigenvalue weighted by molar-refractivity contribution is 6.07. The largest absolute Gasteiger partial charge is 0.382 e. The monoisotopic (exact) mass is 559 g/mol. The first-order valence-electron chi connectivity index (χ1n) is 15.1. The number of carbonyl (C=O) groups excluding carboxylic acids is 1. The van der Waals surface area contributed by atoms with Gasteiger partial charge in [-0.2, -0.15) is 0 Å². The summed E-state index contributed by atoms with van der Waals surface area (Å²) >= 11 is 0. The van der Waals surface area contributed by atoms with Crippen LogP contribution >= 0.6 is 0 Å². The number of carbonyl (C=O) groups is 1. The van der Waals surface area contributed by atoms with Gasteiger partial charge in [-0.05, 0) is 69.7 Å². The van der Waals surface area contributed by atoms with Gasteiger partial charge in [0, 0.05) is 53.1 Å². The maximum atomic E-state index is 16.1. The van der Waals surface area contributed by atoms with Gasteiger partial charge in [0.1, 0.15) is 0 Å². The average molecular weight is 560 g/mol. The number of hydrogen-bond acceptors (Lipinski definition) is 5. The van der Waals surface area contributed by atoms with Crippen LogP contribution in [0.4, 0.5) is 4.39 Å². The molecule has 8 nitrogen and oxygen atoms in total. The van der Waals surface area contributed by atoms with Crippen LogP contribution in [0.3, 0.4) is 0 Å². The number of likely N-dealkylation sites (tertiary alicyclic amines) is 1. The molecule has 1 aromatic carbocycles. The number of guanidine groups is 1. The van der Waals surface area contributed by atoms with Crippen molar-refractivity contribution < 1.29 is 20.1 Å². The van der Waals surface area contributed by atoms with Gasteiger partial charge in [0.2, 0.25) is 5.96 Å². The molecule has 1 atom stereocenters. The molecule has 1 amide bonds. The zero-order valence-electron chi connectivity index (χ0n) is 24.9. The van der Waals surface area contributed by atoms with E-state index in [4.69, 9.17) is 14.5 Å². The first kappa shape index (κ1) is 30.6. The molecule has 0 radical (unpaired) electrons. The van der Waals surface area contributed by atoms with Crippen molar-refractivity contribution in [2.45, 2.75) is 77.1 Å². The van der Waals surface area contributed by atoms with Crippen LogP contribution in [0, 0.1) is 5.92 Å². The molecule has 4 heterocycles. The van der Waals surface area contributed by atoms with Gasteiger partial charge in [-0.1, -0.05) is 31.2 Å². The summed E-state index contributed by atoms with van der Waals surface area (Å²) in [5, 5.41) is 3.20. The van der Waals surface area contributed by atoms with Crippen LogP contribution in [0.2, 0.25) is 0 Å². The topological polar surface area (TPSA) is 78.8 Å². The highest BCUT2D eigenvalue weighted by atomic mass is 19.1. The lowest BCUT2D eigenvalue weighted by molar-refractivity contribution is -0.138. The zero-order valence-corrected chi connectivity index (χ0v) is 24.9. The second kappa shape index (κ2) is 14.0. The number of alkyl halides is 1. The molecular weight excluding hydrogens is 509 g/mol. The minimum Gasteiger partial charge on any atom is -0.382 e. The number of amides is 1. The molecule has 4 saturated heterocycles. The fourth-order valence-corrected chi connectivity index (χ4v) is 6.15. The number of fused-ring (bicyclic) bond motifs is 4. The zero-order chi connectivity index (χ0) is 28.6. The predicted molar refractivity (Wildman–Crippen MR) is 160 cm³/mol. The Labute approximate surface area is 240 Å². The fourth-order valence-electron chi connectivity index (χ4n) is 6.15. The van der Waals surface area contributed by atoms with Crippen LogP contribution in [0.1, 0.15) is 71.8 Å². The lowest BCUT2D eigenvalue weighted by Gasteiger charge is -2.41.